The van der Waals surface area contributed by atoms with Crippen molar-refractivity contribution in [1.82, 2.24) is 4.98 Å². The number of hydrogen-bond donors (Lipinski definition) is 0. The summed E-state index contributed by atoms with van der Waals surface area (Å²) in [5.74, 6) is 1.05. The Labute approximate surface area is 105 Å². The Morgan fingerprint density at radius 3 is 2.62 bits per heavy atom. The van der Waals surface area contributed by atoms with Gasteiger partial charge in [-0.05, 0) is 18.9 Å². The van der Waals surface area contributed by atoms with E-state index in [0.717, 1.165) is 6.42 Å². The first-order valence-electron chi connectivity index (χ1n) is 5.29. The average Bonchev–Trinajstić information content (AvgIpc) is 2.80. The van der Waals surface area contributed by atoms with Crippen molar-refractivity contribution >= 4 is 22.9 Å². The lowest BCUT2D eigenvalue weighted by molar-refractivity contribution is 0.774. The van der Waals surface area contributed by atoms with Gasteiger partial charge >= 0.3 is 0 Å². The highest BCUT2D eigenvalue weighted by Gasteiger charge is 2.11. The first-order chi connectivity index (χ1) is 7.79. The van der Waals surface area contributed by atoms with Crippen LogP contribution in [0.5, 0.6) is 0 Å². The predicted molar refractivity (Wildman–Crippen MR) is 70.5 cm³/mol. The molecule has 0 aliphatic carbocycles. The molecule has 0 amide bonds. The minimum atomic E-state index is 0.391. The molecule has 0 saturated heterocycles. The summed E-state index contributed by atoms with van der Waals surface area (Å²) >= 11 is 7.74. The van der Waals surface area contributed by atoms with E-state index in [9.17, 15) is 0 Å². The highest BCUT2D eigenvalue weighted by molar-refractivity contribution is 7.09. The van der Waals surface area contributed by atoms with E-state index >= 15 is 0 Å². The summed E-state index contributed by atoms with van der Waals surface area (Å²) in [6.07, 6.45) is 2.91. The lowest BCUT2D eigenvalue weighted by Gasteiger charge is -2.13. The van der Waals surface area contributed by atoms with Crippen molar-refractivity contribution in [3.05, 3.63) is 52.0 Å². The molecular weight excluding hydrogens is 238 g/mol. The van der Waals surface area contributed by atoms with Gasteiger partial charge in [-0.1, -0.05) is 29.8 Å². The van der Waals surface area contributed by atoms with E-state index in [2.05, 4.69) is 36.2 Å². The van der Waals surface area contributed by atoms with Crippen LogP contribution in [0.25, 0.3) is 0 Å². The molecule has 2 aromatic rings. The Hall–Kier alpha value is -0.860. The SMILES string of the molecule is Cc1ccc(C(CCl)Cc2cncs2)cc1. The molecular formula is C13H14ClNS. The number of aryl methyl sites for hydroxylation is 1. The largest absolute Gasteiger partial charge is 0.253 e. The van der Waals surface area contributed by atoms with Crippen LogP contribution in [0, 0.1) is 6.92 Å². The van der Waals surface area contributed by atoms with Crippen LogP contribution < -0.4 is 0 Å². The highest BCUT2D eigenvalue weighted by Crippen LogP contribution is 2.24. The molecule has 0 spiro atoms. The normalized spacial score (nSPS) is 12.6. The van der Waals surface area contributed by atoms with Gasteiger partial charge in [0.05, 0.1) is 5.51 Å². The Morgan fingerprint density at radius 2 is 2.06 bits per heavy atom. The summed E-state index contributed by atoms with van der Waals surface area (Å²) in [7, 11) is 0. The van der Waals surface area contributed by atoms with Gasteiger partial charge in [-0.15, -0.1) is 22.9 Å². The molecule has 2 rings (SSSR count). The van der Waals surface area contributed by atoms with Gasteiger partial charge in [-0.2, -0.15) is 0 Å². The van der Waals surface area contributed by atoms with Gasteiger partial charge in [-0.25, -0.2) is 0 Å². The van der Waals surface area contributed by atoms with Gasteiger partial charge in [0.2, 0.25) is 0 Å². The molecule has 16 heavy (non-hydrogen) atoms. The standard InChI is InChI=1S/C13H14ClNS/c1-10-2-4-11(5-3-10)12(7-14)6-13-8-15-9-16-13/h2-5,8-9,12H,6-7H2,1H3. The van der Waals surface area contributed by atoms with Gasteiger partial charge in [0.15, 0.2) is 0 Å². The van der Waals surface area contributed by atoms with Gasteiger partial charge < -0.3 is 0 Å². The second kappa shape index (κ2) is 5.46. The van der Waals surface area contributed by atoms with Crippen LogP contribution in [-0.4, -0.2) is 10.9 Å². The van der Waals surface area contributed by atoms with Gasteiger partial charge in [0, 0.05) is 22.9 Å². The van der Waals surface area contributed by atoms with Crippen LogP contribution in [0.1, 0.15) is 21.9 Å². The molecule has 1 nitrogen and oxygen atoms in total. The lowest BCUT2D eigenvalue weighted by Crippen LogP contribution is -2.03. The monoisotopic (exact) mass is 251 g/mol. The fraction of sp³-hybridized carbons (Fsp3) is 0.308. The van der Waals surface area contributed by atoms with Gasteiger partial charge in [-0.3, -0.25) is 4.98 Å². The average molecular weight is 252 g/mol. The van der Waals surface area contributed by atoms with Crippen LogP contribution in [-0.2, 0) is 6.42 Å². The first-order valence-corrected chi connectivity index (χ1v) is 6.71. The predicted octanol–water partition coefficient (Wildman–Crippen LogP) is 4.02. The van der Waals surface area contributed by atoms with Crippen LogP contribution in [0.3, 0.4) is 0 Å². The smallest absolute Gasteiger partial charge is 0.0794 e. The summed E-state index contributed by atoms with van der Waals surface area (Å²) in [5.41, 5.74) is 4.47. The van der Waals surface area contributed by atoms with Gasteiger partial charge in [0.1, 0.15) is 0 Å². The molecule has 0 fully saturated rings. The van der Waals surface area contributed by atoms with Crippen LogP contribution >= 0.6 is 22.9 Å². The minimum absolute atomic E-state index is 0.391. The topological polar surface area (TPSA) is 12.9 Å². The van der Waals surface area contributed by atoms with Crippen LogP contribution in [0.4, 0.5) is 0 Å². The van der Waals surface area contributed by atoms with Crippen molar-refractivity contribution in [2.75, 3.05) is 5.88 Å². The number of benzene rings is 1. The molecule has 1 heterocycles. The maximum atomic E-state index is 6.04. The van der Waals surface area contributed by atoms with E-state index < -0.39 is 0 Å². The fourth-order valence-electron chi connectivity index (χ4n) is 1.69. The zero-order valence-corrected chi connectivity index (χ0v) is 10.8. The fourth-order valence-corrected chi connectivity index (χ4v) is 2.65. The molecule has 0 radical (unpaired) electrons. The zero-order valence-electron chi connectivity index (χ0n) is 9.19. The van der Waals surface area contributed by atoms with E-state index in [1.54, 1.807) is 11.3 Å². The number of hydrogen-bond acceptors (Lipinski definition) is 2. The van der Waals surface area contributed by atoms with Crippen LogP contribution in [0.15, 0.2) is 36.0 Å². The third-order valence-corrected chi connectivity index (χ3v) is 3.84. The zero-order chi connectivity index (χ0) is 11.4. The number of thiazole rings is 1. The van der Waals surface area contributed by atoms with Gasteiger partial charge in [0.25, 0.3) is 0 Å². The minimum Gasteiger partial charge on any atom is -0.253 e. The van der Waals surface area contributed by atoms with E-state index in [1.807, 2.05) is 11.7 Å². The van der Waals surface area contributed by atoms with E-state index in [-0.39, 0.29) is 0 Å². The third-order valence-electron chi connectivity index (χ3n) is 2.67. The Balaban J connectivity index is 2.13. The maximum Gasteiger partial charge on any atom is 0.0794 e. The molecule has 0 N–H and O–H groups in total. The Kier molecular flexibility index (Phi) is 3.97. The molecule has 0 bridgehead atoms. The molecule has 1 atom stereocenters. The lowest BCUT2D eigenvalue weighted by atomic mass is 9.96. The second-order valence-corrected chi connectivity index (χ2v) is 5.21. The molecule has 1 aromatic carbocycles. The molecule has 0 saturated carbocycles. The summed E-state index contributed by atoms with van der Waals surface area (Å²) in [5, 5.41) is 0. The van der Waals surface area contributed by atoms with Crippen molar-refractivity contribution in [3.8, 4) is 0 Å². The van der Waals surface area contributed by atoms with Crippen molar-refractivity contribution in [3.63, 3.8) is 0 Å². The molecule has 1 aromatic heterocycles. The van der Waals surface area contributed by atoms with E-state index in [0.29, 0.717) is 11.8 Å². The molecule has 0 aliphatic rings. The molecule has 0 aliphatic heterocycles. The number of aromatic nitrogens is 1. The first kappa shape index (κ1) is 11.6. The Morgan fingerprint density at radius 1 is 1.31 bits per heavy atom. The number of halogens is 1. The molecule has 3 heteroatoms. The van der Waals surface area contributed by atoms with Crippen molar-refractivity contribution < 1.29 is 0 Å². The van der Waals surface area contributed by atoms with E-state index in [1.165, 1.54) is 16.0 Å². The summed E-state index contributed by atoms with van der Waals surface area (Å²) in [6, 6.07) is 8.62. The number of alkyl halides is 1. The quantitative estimate of drug-likeness (QED) is 0.748. The third kappa shape index (κ3) is 2.83. The van der Waals surface area contributed by atoms with Crippen LogP contribution in [0.2, 0.25) is 0 Å². The van der Waals surface area contributed by atoms with E-state index in [4.69, 9.17) is 11.6 Å². The van der Waals surface area contributed by atoms with Crippen molar-refractivity contribution in [2.24, 2.45) is 0 Å². The van der Waals surface area contributed by atoms with Crippen molar-refractivity contribution in [1.29, 1.82) is 0 Å². The van der Waals surface area contributed by atoms with Crippen molar-refractivity contribution in [2.45, 2.75) is 19.3 Å². The molecule has 84 valence electrons. The summed E-state index contributed by atoms with van der Waals surface area (Å²) < 4.78 is 0. The highest BCUT2D eigenvalue weighted by atomic mass is 35.5. The maximum absolute atomic E-state index is 6.04. The number of nitrogens with zero attached hydrogens (tertiary/aromatic N) is 1. The second-order valence-electron chi connectivity index (χ2n) is 3.93. The molecule has 1 unspecified atom stereocenters. The number of rotatable bonds is 4. The Bertz CT molecular complexity index is 422. The summed E-state index contributed by atoms with van der Waals surface area (Å²) in [4.78, 5) is 5.39. The summed E-state index contributed by atoms with van der Waals surface area (Å²) in [6.45, 7) is 2.10.